The molecule has 0 atom stereocenters. The number of nitrogens with zero attached hydrogens (tertiary/aromatic N) is 2. The summed E-state index contributed by atoms with van der Waals surface area (Å²) in [4.78, 5) is 14.2. The van der Waals surface area contributed by atoms with Gasteiger partial charge in [0.2, 0.25) is 0 Å². The van der Waals surface area contributed by atoms with E-state index in [2.05, 4.69) is 50.4 Å². The standard InChI is InChI=1S/C20H22BrN3O2/c1-15-11-16(7-8-19(15)24-9-2-3-10-24)13-22-23-20(25)14-26-18-6-4-5-17(21)12-18/h4-8,11-13H,2-3,9-10,14H2,1H3,(H,23,25)/b22-13-. The topological polar surface area (TPSA) is 53.9 Å². The molecule has 0 aliphatic carbocycles. The summed E-state index contributed by atoms with van der Waals surface area (Å²) in [5.74, 6) is 0.332. The molecule has 0 radical (unpaired) electrons. The molecule has 2 aromatic carbocycles. The Labute approximate surface area is 162 Å². The highest BCUT2D eigenvalue weighted by Gasteiger charge is 2.14. The second-order valence-corrected chi connectivity index (χ2v) is 7.19. The number of hydrogen-bond donors (Lipinski definition) is 1. The summed E-state index contributed by atoms with van der Waals surface area (Å²) in [6.07, 6.45) is 4.17. The van der Waals surface area contributed by atoms with E-state index in [4.69, 9.17) is 4.74 Å². The van der Waals surface area contributed by atoms with Crippen molar-refractivity contribution in [2.24, 2.45) is 5.10 Å². The fourth-order valence-corrected chi connectivity index (χ4v) is 3.37. The molecule has 1 N–H and O–H groups in total. The Kier molecular flexibility index (Phi) is 6.28. The van der Waals surface area contributed by atoms with E-state index >= 15 is 0 Å². The van der Waals surface area contributed by atoms with Gasteiger partial charge in [-0.05, 0) is 61.2 Å². The summed E-state index contributed by atoms with van der Waals surface area (Å²) in [7, 11) is 0. The summed E-state index contributed by atoms with van der Waals surface area (Å²) in [5.41, 5.74) is 5.95. The highest BCUT2D eigenvalue weighted by atomic mass is 79.9. The third-order valence-corrected chi connectivity index (χ3v) is 4.73. The van der Waals surface area contributed by atoms with Gasteiger partial charge in [0.1, 0.15) is 5.75 Å². The first kappa shape index (κ1) is 18.5. The first-order valence-corrected chi connectivity index (χ1v) is 9.47. The highest BCUT2D eigenvalue weighted by molar-refractivity contribution is 9.10. The minimum absolute atomic E-state index is 0.0826. The lowest BCUT2D eigenvalue weighted by Gasteiger charge is -2.20. The van der Waals surface area contributed by atoms with Crippen LogP contribution in [-0.4, -0.2) is 31.8 Å². The third kappa shape index (κ3) is 5.08. The van der Waals surface area contributed by atoms with Crippen LogP contribution in [0.15, 0.2) is 52.0 Å². The zero-order valence-corrected chi connectivity index (χ0v) is 16.3. The van der Waals surface area contributed by atoms with Crippen molar-refractivity contribution in [2.45, 2.75) is 19.8 Å². The SMILES string of the molecule is Cc1cc(/C=N\NC(=O)COc2cccc(Br)c2)ccc1N1CCCC1. The van der Waals surface area contributed by atoms with Crippen molar-refractivity contribution in [3.8, 4) is 5.75 Å². The van der Waals surface area contributed by atoms with E-state index in [-0.39, 0.29) is 12.5 Å². The number of hydrogen-bond acceptors (Lipinski definition) is 4. The Morgan fingerprint density at radius 2 is 2.08 bits per heavy atom. The van der Waals surface area contributed by atoms with Crippen LogP contribution in [0, 0.1) is 6.92 Å². The van der Waals surface area contributed by atoms with Gasteiger partial charge in [0, 0.05) is 23.2 Å². The number of benzene rings is 2. The fourth-order valence-electron chi connectivity index (χ4n) is 2.99. The van der Waals surface area contributed by atoms with Crippen LogP contribution in [0.25, 0.3) is 0 Å². The average Bonchev–Trinajstić information content (AvgIpc) is 3.14. The van der Waals surface area contributed by atoms with Gasteiger partial charge < -0.3 is 9.64 Å². The normalized spacial score (nSPS) is 14.0. The van der Waals surface area contributed by atoms with Gasteiger partial charge >= 0.3 is 0 Å². The molecule has 1 saturated heterocycles. The van der Waals surface area contributed by atoms with Crippen molar-refractivity contribution in [3.05, 3.63) is 58.1 Å². The predicted octanol–water partition coefficient (Wildman–Crippen LogP) is 3.89. The molecule has 1 aliphatic rings. The third-order valence-electron chi connectivity index (χ3n) is 4.24. The van der Waals surface area contributed by atoms with E-state index in [9.17, 15) is 4.79 Å². The van der Waals surface area contributed by atoms with Crippen molar-refractivity contribution < 1.29 is 9.53 Å². The number of halogens is 1. The summed E-state index contributed by atoms with van der Waals surface area (Å²) in [5, 5.41) is 4.01. The summed E-state index contributed by atoms with van der Waals surface area (Å²) in [6.45, 7) is 4.28. The number of anilines is 1. The lowest BCUT2D eigenvalue weighted by Crippen LogP contribution is -2.24. The van der Waals surface area contributed by atoms with Gasteiger partial charge in [0.25, 0.3) is 5.91 Å². The molecule has 6 heteroatoms. The Balaban J connectivity index is 1.50. The van der Waals surface area contributed by atoms with Crippen LogP contribution in [0.2, 0.25) is 0 Å². The number of carbonyl (C=O) groups is 1. The Morgan fingerprint density at radius 3 is 2.81 bits per heavy atom. The molecular formula is C20H22BrN3O2. The molecule has 2 aromatic rings. The average molecular weight is 416 g/mol. The summed E-state index contributed by atoms with van der Waals surface area (Å²) in [6, 6.07) is 13.6. The van der Waals surface area contributed by atoms with Crippen molar-refractivity contribution in [3.63, 3.8) is 0 Å². The predicted molar refractivity (Wildman–Crippen MR) is 108 cm³/mol. The van der Waals surface area contributed by atoms with Crippen molar-refractivity contribution >= 4 is 33.7 Å². The molecule has 1 amide bonds. The summed E-state index contributed by atoms with van der Waals surface area (Å²) >= 11 is 3.36. The molecular weight excluding hydrogens is 394 g/mol. The number of amides is 1. The van der Waals surface area contributed by atoms with Gasteiger partial charge in [-0.2, -0.15) is 5.10 Å². The second kappa shape index (κ2) is 8.85. The van der Waals surface area contributed by atoms with E-state index in [1.165, 1.54) is 24.1 Å². The van der Waals surface area contributed by atoms with Gasteiger partial charge in [0.15, 0.2) is 6.61 Å². The lowest BCUT2D eigenvalue weighted by atomic mass is 10.1. The van der Waals surface area contributed by atoms with Crippen LogP contribution in [0.5, 0.6) is 5.75 Å². The Hall–Kier alpha value is -2.34. The second-order valence-electron chi connectivity index (χ2n) is 6.28. The van der Waals surface area contributed by atoms with Gasteiger partial charge in [0.05, 0.1) is 6.21 Å². The molecule has 0 bridgehead atoms. The van der Waals surface area contributed by atoms with Crippen LogP contribution in [0.3, 0.4) is 0 Å². The van der Waals surface area contributed by atoms with Crippen LogP contribution in [0.1, 0.15) is 24.0 Å². The first-order chi connectivity index (χ1) is 12.6. The molecule has 0 spiro atoms. The molecule has 0 unspecified atom stereocenters. The first-order valence-electron chi connectivity index (χ1n) is 8.68. The zero-order valence-electron chi connectivity index (χ0n) is 14.7. The molecule has 26 heavy (non-hydrogen) atoms. The largest absolute Gasteiger partial charge is 0.484 e. The lowest BCUT2D eigenvalue weighted by molar-refractivity contribution is -0.123. The Morgan fingerprint density at radius 1 is 1.27 bits per heavy atom. The van der Waals surface area contributed by atoms with Gasteiger partial charge in [-0.1, -0.05) is 28.1 Å². The van der Waals surface area contributed by atoms with Crippen LogP contribution >= 0.6 is 15.9 Å². The van der Waals surface area contributed by atoms with E-state index in [0.29, 0.717) is 5.75 Å². The fraction of sp³-hybridized carbons (Fsp3) is 0.300. The molecule has 0 aromatic heterocycles. The number of rotatable bonds is 6. The van der Waals surface area contributed by atoms with Gasteiger partial charge in [-0.25, -0.2) is 5.43 Å². The molecule has 1 aliphatic heterocycles. The van der Waals surface area contributed by atoms with E-state index in [1.807, 2.05) is 18.2 Å². The zero-order chi connectivity index (χ0) is 18.4. The molecule has 3 rings (SSSR count). The number of hydrazone groups is 1. The van der Waals surface area contributed by atoms with Gasteiger partial charge in [-0.3, -0.25) is 4.79 Å². The Bertz CT molecular complexity index is 801. The van der Waals surface area contributed by atoms with Crippen molar-refractivity contribution in [1.29, 1.82) is 0 Å². The quantitative estimate of drug-likeness (QED) is 0.574. The minimum Gasteiger partial charge on any atom is -0.484 e. The molecule has 0 saturated carbocycles. The molecule has 1 heterocycles. The number of aryl methyl sites for hydroxylation is 1. The van der Waals surface area contributed by atoms with Crippen molar-refractivity contribution in [1.82, 2.24) is 5.43 Å². The minimum atomic E-state index is -0.299. The molecule has 1 fully saturated rings. The van der Waals surface area contributed by atoms with E-state index in [1.54, 1.807) is 18.3 Å². The molecule has 136 valence electrons. The summed E-state index contributed by atoms with van der Waals surface area (Å²) < 4.78 is 6.33. The van der Waals surface area contributed by atoms with Gasteiger partial charge in [-0.15, -0.1) is 0 Å². The molecule has 5 nitrogen and oxygen atoms in total. The smallest absolute Gasteiger partial charge is 0.277 e. The maximum atomic E-state index is 11.8. The maximum absolute atomic E-state index is 11.8. The number of carbonyl (C=O) groups excluding carboxylic acids is 1. The van der Waals surface area contributed by atoms with E-state index in [0.717, 1.165) is 23.1 Å². The maximum Gasteiger partial charge on any atom is 0.277 e. The van der Waals surface area contributed by atoms with Crippen LogP contribution < -0.4 is 15.1 Å². The number of ether oxygens (including phenoxy) is 1. The van der Waals surface area contributed by atoms with Crippen LogP contribution in [0.4, 0.5) is 5.69 Å². The highest BCUT2D eigenvalue weighted by Crippen LogP contribution is 2.24. The van der Waals surface area contributed by atoms with E-state index < -0.39 is 0 Å². The monoisotopic (exact) mass is 415 g/mol. The van der Waals surface area contributed by atoms with Crippen molar-refractivity contribution in [2.75, 3.05) is 24.6 Å². The van der Waals surface area contributed by atoms with Crippen LogP contribution in [-0.2, 0) is 4.79 Å². The number of nitrogens with one attached hydrogen (secondary N) is 1.